The fraction of sp³-hybridized carbons (Fsp3) is 0.111. The van der Waals surface area contributed by atoms with Crippen LogP contribution in [0.3, 0.4) is 0 Å². The van der Waals surface area contributed by atoms with Gasteiger partial charge in [0.2, 0.25) is 5.82 Å². The number of anilines is 2. The summed E-state index contributed by atoms with van der Waals surface area (Å²) in [5.74, 6) is -0.109. The van der Waals surface area contributed by atoms with E-state index in [1.165, 1.54) is 31.4 Å². The number of hydrogen-bond acceptors (Lipinski definition) is 7. The molecule has 0 saturated heterocycles. The van der Waals surface area contributed by atoms with Gasteiger partial charge in [-0.25, -0.2) is 4.98 Å². The Bertz CT molecular complexity index is 1030. The van der Waals surface area contributed by atoms with Gasteiger partial charge >= 0.3 is 17.7 Å². The lowest BCUT2D eigenvalue weighted by Crippen LogP contribution is -2.10. The Morgan fingerprint density at radius 2 is 1.69 bits per heavy atom. The Kier molecular flexibility index (Phi) is 5.48. The highest BCUT2D eigenvalue weighted by Gasteiger charge is 2.34. The Morgan fingerprint density at radius 1 is 1.03 bits per heavy atom. The number of alkyl halides is 3. The summed E-state index contributed by atoms with van der Waals surface area (Å²) in [5.41, 5.74) is -2.09. The van der Waals surface area contributed by atoms with Gasteiger partial charge in [0, 0.05) is 0 Å². The zero-order valence-corrected chi connectivity index (χ0v) is 14.8. The normalized spacial score (nSPS) is 11.0. The van der Waals surface area contributed by atoms with Crippen molar-refractivity contribution < 1.29 is 27.6 Å². The average molecular weight is 406 g/mol. The third-order valence-corrected chi connectivity index (χ3v) is 3.73. The summed E-state index contributed by atoms with van der Waals surface area (Å²) in [5, 5.41) is 13.9. The van der Waals surface area contributed by atoms with Crippen LogP contribution in [0, 0.1) is 10.1 Å². The third kappa shape index (κ3) is 4.51. The van der Waals surface area contributed by atoms with E-state index in [1.54, 1.807) is 12.1 Å². The molecule has 0 aliphatic rings. The summed E-state index contributed by atoms with van der Waals surface area (Å²) >= 11 is 0. The second kappa shape index (κ2) is 8.00. The lowest BCUT2D eigenvalue weighted by atomic mass is 10.1. The summed E-state index contributed by atoms with van der Waals surface area (Å²) in [6.07, 6.45) is -3.71. The molecule has 150 valence electrons. The Hall–Kier alpha value is -3.89. The molecule has 1 aromatic heterocycles. The molecule has 0 fully saturated rings. The Balaban J connectivity index is 1.99. The van der Waals surface area contributed by atoms with Gasteiger partial charge in [0.05, 0.1) is 23.3 Å². The van der Waals surface area contributed by atoms with E-state index in [9.17, 15) is 23.3 Å². The smallest absolute Gasteiger partial charge is 0.418 e. The number of rotatable bonds is 6. The number of nitrogens with one attached hydrogen (secondary N) is 1. The monoisotopic (exact) mass is 406 g/mol. The summed E-state index contributed by atoms with van der Waals surface area (Å²) in [7, 11) is 1.47. The van der Waals surface area contributed by atoms with Crippen LogP contribution in [0.1, 0.15) is 5.56 Å². The second-order valence-corrected chi connectivity index (χ2v) is 5.58. The number of nitrogens with zero attached hydrogens (tertiary/aromatic N) is 3. The molecule has 3 aromatic rings. The molecule has 0 amide bonds. The van der Waals surface area contributed by atoms with Crippen molar-refractivity contribution in [2.45, 2.75) is 6.18 Å². The molecule has 1 N–H and O–H groups in total. The highest BCUT2D eigenvalue weighted by Crippen LogP contribution is 2.39. The first kappa shape index (κ1) is 19.9. The first-order valence-electron chi connectivity index (χ1n) is 8.04. The molecule has 11 heteroatoms. The second-order valence-electron chi connectivity index (χ2n) is 5.58. The fourth-order valence-electron chi connectivity index (χ4n) is 2.42. The minimum Gasteiger partial charge on any atom is -0.497 e. The number of ether oxygens (including phenoxy) is 2. The van der Waals surface area contributed by atoms with Gasteiger partial charge in [-0.15, -0.1) is 0 Å². The molecule has 0 aliphatic heterocycles. The number of nitro groups is 1. The van der Waals surface area contributed by atoms with E-state index in [0.717, 1.165) is 18.5 Å². The maximum Gasteiger partial charge on any atom is 0.418 e. The number of para-hydroxylation sites is 1. The van der Waals surface area contributed by atoms with Crippen molar-refractivity contribution in [3.05, 3.63) is 70.5 Å². The van der Waals surface area contributed by atoms with Crippen LogP contribution in [-0.4, -0.2) is 22.0 Å². The molecule has 29 heavy (non-hydrogen) atoms. The van der Waals surface area contributed by atoms with Crippen molar-refractivity contribution in [2.24, 2.45) is 0 Å². The molecule has 1 heterocycles. The standard InChI is InChI=1S/C18H13F3N4O4/c1-28-11-6-8-12(9-7-11)29-17-15(25(26)27)16(22-10-23-17)24-14-5-3-2-4-13(14)18(19,20)21/h2-10H,1H3,(H,22,23,24). The molecule has 0 atom stereocenters. The van der Waals surface area contributed by atoms with Crippen molar-refractivity contribution in [1.82, 2.24) is 9.97 Å². The molecule has 0 saturated carbocycles. The predicted molar refractivity (Wildman–Crippen MR) is 96.5 cm³/mol. The van der Waals surface area contributed by atoms with Crippen LogP contribution in [0.4, 0.5) is 30.4 Å². The van der Waals surface area contributed by atoms with Crippen LogP contribution < -0.4 is 14.8 Å². The fourth-order valence-corrected chi connectivity index (χ4v) is 2.42. The van der Waals surface area contributed by atoms with Gasteiger partial charge in [-0.3, -0.25) is 10.1 Å². The van der Waals surface area contributed by atoms with Gasteiger partial charge in [0.1, 0.15) is 17.8 Å². The van der Waals surface area contributed by atoms with Crippen LogP contribution in [0.2, 0.25) is 0 Å². The van der Waals surface area contributed by atoms with Gasteiger partial charge < -0.3 is 14.8 Å². The molecule has 0 spiro atoms. The third-order valence-electron chi connectivity index (χ3n) is 3.73. The van der Waals surface area contributed by atoms with Crippen LogP contribution in [0.5, 0.6) is 17.4 Å². The molecule has 0 unspecified atom stereocenters. The summed E-state index contributed by atoms with van der Waals surface area (Å²) in [6, 6.07) is 10.7. The lowest BCUT2D eigenvalue weighted by Gasteiger charge is -2.14. The summed E-state index contributed by atoms with van der Waals surface area (Å²) in [6.45, 7) is 0. The molecular weight excluding hydrogens is 393 g/mol. The number of halogens is 3. The van der Waals surface area contributed by atoms with Gasteiger partial charge in [-0.1, -0.05) is 12.1 Å². The van der Waals surface area contributed by atoms with E-state index in [2.05, 4.69) is 15.3 Å². The van der Waals surface area contributed by atoms with E-state index in [4.69, 9.17) is 9.47 Å². The molecule has 0 bridgehead atoms. The SMILES string of the molecule is COc1ccc(Oc2ncnc(Nc3ccccc3C(F)(F)F)c2[N+](=O)[O-])cc1. The van der Waals surface area contributed by atoms with E-state index >= 15 is 0 Å². The van der Waals surface area contributed by atoms with Crippen molar-refractivity contribution in [2.75, 3.05) is 12.4 Å². The maximum absolute atomic E-state index is 13.2. The van der Waals surface area contributed by atoms with Crippen LogP contribution in [0.25, 0.3) is 0 Å². The summed E-state index contributed by atoms with van der Waals surface area (Å²) < 4.78 is 50.0. The van der Waals surface area contributed by atoms with Crippen molar-refractivity contribution in [1.29, 1.82) is 0 Å². The Morgan fingerprint density at radius 3 is 2.31 bits per heavy atom. The number of hydrogen-bond donors (Lipinski definition) is 1. The van der Waals surface area contributed by atoms with Crippen molar-refractivity contribution >= 4 is 17.2 Å². The number of benzene rings is 2. The van der Waals surface area contributed by atoms with E-state index in [-0.39, 0.29) is 5.75 Å². The molecule has 3 rings (SSSR count). The minimum absolute atomic E-state index is 0.217. The zero-order valence-electron chi connectivity index (χ0n) is 14.8. The minimum atomic E-state index is -4.66. The van der Waals surface area contributed by atoms with E-state index in [0.29, 0.717) is 5.75 Å². The highest BCUT2D eigenvalue weighted by atomic mass is 19.4. The Labute approximate surface area is 162 Å². The number of aromatic nitrogens is 2. The maximum atomic E-state index is 13.2. The summed E-state index contributed by atoms with van der Waals surface area (Å²) in [4.78, 5) is 18.2. The largest absolute Gasteiger partial charge is 0.497 e. The van der Waals surface area contributed by atoms with Crippen LogP contribution >= 0.6 is 0 Å². The van der Waals surface area contributed by atoms with Crippen molar-refractivity contribution in [3.8, 4) is 17.4 Å². The van der Waals surface area contributed by atoms with E-state index in [1.807, 2.05) is 0 Å². The van der Waals surface area contributed by atoms with Gasteiger partial charge in [-0.05, 0) is 36.4 Å². The topological polar surface area (TPSA) is 99.4 Å². The van der Waals surface area contributed by atoms with Gasteiger partial charge in [-0.2, -0.15) is 18.2 Å². The molecule has 2 aromatic carbocycles. The van der Waals surface area contributed by atoms with Gasteiger partial charge in [0.25, 0.3) is 0 Å². The molecule has 8 nitrogen and oxygen atoms in total. The van der Waals surface area contributed by atoms with Crippen molar-refractivity contribution in [3.63, 3.8) is 0 Å². The predicted octanol–water partition coefficient (Wildman–Crippen LogP) is 4.95. The zero-order chi connectivity index (χ0) is 21.0. The first-order chi connectivity index (χ1) is 13.8. The number of methoxy groups -OCH3 is 1. The van der Waals surface area contributed by atoms with E-state index < -0.39 is 39.7 Å². The quantitative estimate of drug-likeness (QED) is 0.457. The first-order valence-corrected chi connectivity index (χ1v) is 8.04. The molecule has 0 aliphatic carbocycles. The van der Waals surface area contributed by atoms with Crippen LogP contribution in [0.15, 0.2) is 54.9 Å². The average Bonchev–Trinajstić information content (AvgIpc) is 2.68. The van der Waals surface area contributed by atoms with Crippen LogP contribution in [-0.2, 0) is 6.18 Å². The molecular formula is C18H13F3N4O4. The highest BCUT2D eigenvalue weighted by molar-refractivity contribution is 5.70. The lowest BCUT2D eigenvalue weighted by molar-refractivity contribution is -0.385. The molecule has 0 radical (unpaired) electrons. The van der Waals surface area contributed by atoms with Gasteiger partial charge in [0.15, 0.2) is 0 Å².